The van der Waals surface area contributed by atoms with Crippen LogP contribution in [0.25, 0.3) is 5.76 Å². The Morgan fingerprint density at radius 1 is 1.00 bits per heavy atom. The summed E-state index contributed by atoms with van der Waals surface area (Å²) in [7, 11) is 0. The molecule has 0 bridgehead atoms. The minimum atomic E-state index is -1.03. The lowest BCUT2D eigenvalue weighted by atomic mass is 9.97. The molecule has 9 nitrogen and oxygen atoms in total. The zero-order valence-electron chi connectivity index (χ0n) is 22.2. The zero-order chi connectivity index (χ0) is 28.1. The molecule has 3 aromatic rings. The maximum absolute atomic E-state index is 13.4. The van der Waals surface area contributed by atoms with E-state index in [1.165, 1.54) is 17.0 Å². The van der Waals surface area contributed by atoms with E-state index in [0.29, 0.717) is 41.7 Å². The summed E-state index contributed by atoms with van der Waals surface area (Å²) in [6, 6.07) is 15.1. The van der Waals surface area contributed by atoms with E-state index >= 15 is 0 Å². The van der Waals surface area contributed by atoms with Crippen LogP contribution in [0, 0.1) is 0 Å². The van der Waals surface area contributed by atoms with Crippen LogP contribution in [0.15, 0.2) is 72.4 Å². The van der Waals surface area contributed by atoms with Gasteiger partial charge in [-0.3, -0.25) is 19.5 Å². The molecule has 1 aromatic heterocycles. The highest BCUT2D eigenvalue weighted by Gasteiger charge is 2.48. The van der Waals surface area contributed by atoms with Crippen LogP contribution in [0.2, 0.25) is 0 Å². The van der Waals surface area contributed by atoms with E-state index in [9.17, 15) is 19.5 Å². The number of carbonyl (C=O) groups excluding carboxylic acids is 3. The van der Waals surface area contributed by atoms with Crippen molar-refractivity contribution >= 4 is 29.1 Å². The molecule has 1 aliphatic heterocycles. The van der Waals surface area contributed by atoms with Crippen LogP contribution in [0.4, 0.5) is 5.69 Å². The molecular weight excluding hydrogens is 500 g/mol. The summed E-state index contributed by atoms with van der Waals surface area (Å²) in [5.74, 6) is -1.76. The quantitative estimate of drug-likeness (QED) is 0.176. The smallest absolute Gasteiger partial charge is 0.338 e. The van der Waals surface area contributed by atoms with Crippen molar-refractivity contribution in [1.29, 1.82) is 0 Å². The molecule has 0 aliphatic carbocycles. The number of anilines is 1. The van der Waals surface area contributed by atoms with E-state index in [1.807, 2.05) is 6.92 Å². The van der Waals surface area contributed by atoms with Gasteiger partial charge in [0.1, 0.15) is 23.3 Å². The Kier molecular flexibility index (Phi) is 8.29. The fraction of sp³-hybridized carbons (Fsp3) is 0.267. The monoisotopic (exact) mass is 530 g/mol. The number of amides is 1. The number of aliphatic hydroxyl groups is 1. The first kappa shape index (κ1) is 27.4. The first-order chi connectivity index (χ1) is 18.8. The molecule has 0 saturated carbocycles. The largest absolute Gasteiger partial charge is 0.507 e. The predicted molar refractivity (Wildman–Crippen MR) is 145 cm³/mol. The Bertz CT molecular complexity index is 1400. The topological polar surface area (TPSA) is 115 Å². The average Bonchev–Trinajstić information content (AvgIpc) is 3.19. The number of nitrogens with zero attached hydrogens (tertiary/aromatic N) is 2. The van der Waals surface area contributed by atoms with Crippen LogP contribution in [0.5, 0.6) is 11.5 Å². The van der Waals surface area contributed by atoms with E-state index in [0.717, 1.165) is 0 Å². The fourth-order valence-corrected chi connectivity index (χ4v) is 4.33. The van der Waals surface area contributed by atoms with Crippen molar-refractivity contribution in [2.75, 3.05) is 18.1 Å². The summed E-state index contributed by atoms with van der Waals surface area (Å²) in [6.45, 7) is 7.89. The lowest BCUT2D eigenvalue weighted by Crippen LogP contribution is -2.29. The highest BCUT2D eigenvalue weighted by molar-refractivity contribution is 6.51. The van der Waals surface area contributed by atoms with Crippen molar-refractivity contribution < 1.29 is 33.7 Å². The first-order valence-electron chi connectivity index (χ1n) is 12.7. The minimum Gasteiger partial charge on any atom is -0.507 e. The van der Waals surface area contributed by atoms with Gasteiger partial charge in [0.05, 0.1) is 41.7 Å². The number of rotatable bonds is 9. The van der Waals surface area contributed by atoms with Crippen molar-refractivity contribution in [3.63, 3.8) is 0 Å². The predicted octanol–water partition coefficient (Wildman–Crippen LogP) is 5.07. The van der Waals surface area contributed by atoms with Crippen LogP contribution < -0.4 is 14.4 Å². The highest BCUT2D eigenvalue weighted by atomic mass is 16.5. The average molecular weight is 531 g/mol. The van der Waals surface area contributed by atoms with Crippen LogP contribution in [-0.2, 0) is 14.3 Å². The molecule has 1 fully saturated rings. The zero-order valence-corrected chi connectivity index (χ0v) is 22.2. The molecule has 0 radical (unpaired) electrons. The van der Waals surface area contributed by atoms with Gasteiger partial charge in [-0.2, -0.15) is 0 Å². The van der Waals surface area contributed by atoms with Crippen LogP contribution >= 0.6 is 0 Å². The number of Topliss-reactive ketones (excluding diaryl/α,β-unsaturated/α-hetero) is 1. The van der Waals surface area contributed by atoms with Gasteiger partial charge in [0, 0.05) is 18.0 Å². The number of hydrogen-bond donors (Lipinski definition) is 1. The fourth-order valence-electron chi connectivity index (χ4n) is 4.33. The Labute approximate surface area is 226 Å². The maximum Gasteiger partial charge on any atom is 0.338 e. The molecule has 1 saturated heterocycles. The summed E-state index contributed by atoms with van der Waals surface area (Å²) < 4.78 is 16.5. The first-order valence-corrected chi connectivity index (χ1v) is 12.7. The molecular formula is C30H30N2O7. The second kappa shape index (κ2) is 11.8. The lowest BCUT2D eigenvalue weighted by molar-refractivity contribution is -0.132. The van der Waals surface area contributed by atoms with E-state index in [1.54, 1.807) is 75.5 Å². The number of ether oxygens (including phenoxy) is 3. The molecule has 2 heterocycles. The van der Waals surface area contributed by atoms with Gasteiger partial charge in [0.15, 0.2) is 0 Å². The molecule has 1 amide bonds. The SMILES string of the molecule is CCOc1ccc(/C(O)=C2/C(=O)C(=O)N(c3ccc(C(=O)OC(C)C)cc3)C2c2ccccn2)c(OCC)c1. The van der Waals surface area contributed by atoms with Gasteiger partial charge >= 0.3 is 5.97 Å². The summed E-state index contributed by atoms with van der Waals surface area (Å²) in [5, 5.41) is 11.5. The van der Waals surface area contributed by atoms with Gasteiger partial charge in [0.25, 0.3) is 11.7 Å². The van der Waals surface area contributed by atoms with Gasteiger partial charge in [-0.15, -0.1) is 0 Å². The second-order valence-electron chi connectivity index (χ2n) is 8.95. The van der Waals surface area contributed by atoms with E-state index in [2.05, 4.69) is 4.98 Å². The van der Waals surface area contributed by atoms with Gasteiger partial charge in [-0.1, -0.05) is 6.07 Å². The van der Waals surface area contributed by atoms with Gasteiger partial charge in [-0.05, 0) is 76.2 Å². The Hall–Kier alpha value is -4.66. The molecule has 4 rings (SSSR count). The number of hydrogen-bond acceptors (Lipinski definition) is 8. The summed E-state index contributed by atoms with van der Waals surface area (Å²) in [6.07, 6.45) is 1.26. The number of aromatic nitrogens is 1. The van der Waals surface area contributed by atoms with Gasteiger partial charge in [-0.25, -0.2) is 4.79 Å². The number of pyridine rings is 1. The van der Waals surface area contributed by atoms with Crippen molar-refractivity contribution in [3.05, 3.63) is 89.3 Å². The Morgan fingerprint density at radius 3 is 2.33 bits per heavy atom. The number of aliphatic hydroxyl groups excluding tert-OH is 1. The summed E-state index contributed by atoms with van der Waals surface area (Å²) >= 11 is 0. The third-order valence-corrected chi connectivity index (χ3v) is 5.96. The number of ketones is 1. The molecule has 1 unspecified atom stereocenters. The summed E-state index contributed by atoms with van der Waals surface area (Å²) in [4.78, 5) is 44.8. The number of esters is 1. The van der Waals surface area contributed by atoms with E-state index in [4.69, 9.17) is 14.2 Å². The van der Waals surface area contributed by atoms with Crippen LogP contribution in [0.3, 0.4) is 0 Å². The maximum atomic E-state index is 13.4. The number of benzene rings is 2. The number of carbonyl (C=O) groups is 3. The molecule has 1 atom stereocenters. The summed E-state index contributed by atoms with van der Waals surface area (Å²) in [5.41, 5.74) is 1.14. The minimum absolute atomic E-state index is 0.132. The molecule has 0 spiro atoms. The van der Waals surface area contributed by atoms with Crippen LogP contribution in [-0.4, -0.2) is 47.1 Å². The molecule has 1 N–H and O–H groups in total. The van der Waals surface area contributed by atoms with Crippen molar-refractivity contribution in [2.45, 2.75) is 39.8 Å². The van der Waals surface area contributed by atoms with Gasteiger partial charge in [0.2, 0.25) is 0 Å². The third kappa shape index (κ3) is 5.62. The van der Waals surface area contributed by atoms with Crippen molar-refractivity contribution in [3.8, 4) is 11.5 Å². The Morgan fingerprint density at radius 2 is 1.72 bits per heavy atom. The van der Waals surface area contributed by atoms with E-state index < -0.39 is 29.5 Å². The Balaban J connectivity index is 1.85. The molecule has 9 heteroatoms. The molecule has 1 aliphatic rings. The molecule has 2 aromatic carbocycles. The second-order valence-corrected chi connectivity index (χ2v) is 8.95. The lowest BCUT2D eigenvalue weighted by Gasteiger charge is -2.25. The molecule has 39 heavy (non-hydrogen) atoms. The highest BCUT2D eigenvalue weighted by Crippen LogP contribution is 2.43. The third-order valence-electron chi connectivity index (χ3n) is 5.96. The van der Waals surface area contributed by atoms with E-state index in [-0.39, 0.29) is 17.2 Å². The molecule has 202 valence electrons. The van der Waals surface area contributed by atoms with Crippen molar-refractivity contribution in [1.82, 2.24) is 4.98 Å². The standard InChI is InChI=1S/C30H30N2O7/c1-5-37-21-14-15-22(24(17-21)38-6-2)27(33)25-26(23-9-7-8-16-31-23)32(29(35)28(25)34)20-12-10-19(11-13-20)30(36)39-18(3)4/h7-18,26,33H,5-6H2,1-4H3/b27-25-. The normalized spacial score (nSPS) is 16.4. The van der Waals surface area contributed by atoms with Gasteiger partial charge < -0.3 is 19.3 Å². The van der Waals surface area contributed by atoms with Crippen molar-refractivity contribution in [2.24, 2.45) is 0 Å². The van der Waals surface area contributed by atoms with Crippen LogP contribution in [0.1, 0.15) is 55.4 Å².